The van der Waals surface area contributed by atoms with E-state index >= 15 is 0 Å². The van der Waals surface area contributed by atoms with E-state index < -0.39 is 7.26 Å². The maximum Gasteiger partial charge on any atom is 0.144 e. The third-order valence-corrected chi connectivity index (χ3v) is 9.67. The lowest BCUT2D eigenvalue weighted by atomic mass is 10.0. The molecule has 0 aliphatic rings. The van der Waals surface area contributed by atoms with Gasteiger partial charge >= 0.3 is 0 Å². The predicted molar refractivity (Wildman–Crippen MR) is 125 cm³/mol. The molecule has 4 aromatic carbocycles. The molecule has 0 aliphatic heterocycles. The van der Waals surface area contributed by atoms with Crippen LogP contribution in [0.1, 0.15) is 25.3 Å². The Balaban J connectivity index is 2.07. The Morgan fingerprint density at radius 2 is 0.750 bits per heavy atom. The summed E-state index contributed by atoms with van der Waals surface area (Å²) in [5, 5.41) is 5.58. The van der Waals surface area contributed by atoms with Gasteiger partial charge in [-0.25, -0.2) is 0 Å². The molecule has 0 nitrogen and oxygen atoms in total. The summed E-state index contributed by atoms with van der Waals surface area (Å²) >= 11 is 0. The smallest absolute Gasteiger partial charge is 0.0620 e. The van der Waals surface area contributed by atoms with Crippen LogP contribution in [0.15, 0.2) is 115 Å². The second-order valence-corrected chi connectivity index (χ2v) is 10.8. The highest BCUT2D eigenvalue weighted by atomic mass is 31.2. The third kappa shape index (κ3) is 3.30. The van der Waals surface area contributed by atoms with Gasteiger partial charge in [0.25, 0.3) is 0 Å². The molecular weight excluding hydrogens is 355 g/mol. The summed E-state index contributed by atoms with van der Waals surface area (Å²) in [5.74, 6) is 0.534. The van der Waals surface area contributed by atoms with Crippen LogP contribution in [0, 0.1) is 0 Å². The van der Waals surface area contributed by atoms with Gasteiger partial charge in [0.1, 0.15) is 28.5 Å². The molecule has 0 saturated heterocycles. The van der Waals surface area contributed by atoms with Crippen LogP contribution in [0.2, 0.25) is 0 Å². The zero-order valence-corrected chi connectivity index (χ0v) is 17.4. The summed E-state index contributed by atoms with van der Waals surface area (Å²) in [7, 11) is -1.96. The maximum atomic E-state index is 2.36. The van der Waals surface area contributed by atoms with E-state index in [4.69, 9.17) is 0 Å². The van der Waals surface area contributed by atoms with Gasteiger partial charge in [0, 0.05) is 0 Å². The van der Waals surface area contributed by atoms with Gasteiger partial charge in [0.15, 0.2) is 0 Å². The fourth-order valence-corrected chi connectivity index (χ4v) is 8.18. The van der Waals surface area contributed by atoms with E-state index in [2.05, 4.69) is 129 Å². The van der Waals surface area contributed by atoms with E-state index in [1.165, 1.54) is 26.8 Å². The summed E-state index contributed by atoms with van der Waals surface area (Å²) in [4.78, 5) is 0. The molecule has 1 heteroatoms. The molecule has 0 fully saturated rings. The van der Waals surface area contributed by atoms with E-state index in [-0.39, 0.29) is 0 Å². The van der Waals surface area contributed by atoms with Crippen LogP contribution in [0.25, 0.3) is 0 Å². The van der Waals surface area contributed by atoms with Gasteiger partial charge in [0.05, 0.1) is 0 Å². The monoisotopic (exact) mass is 381 g/mol. The van der Waals surface area contributed by atoms with E-state index in [1.807, 2.05) is 0 Å². The first-order chi connectivity index (χ1) is 13.7. The maximum absolute atomic E-state index is 2.36. The molecule has 138 valence electrons. The van der Waals surface area contributed by atoms with E-state index in [1.54, 1.807) is 0 Å². The molecule has 0 unspecified atom stereocenters. The largest absolute Gasteiger partial charge is 0.144 e. The van der Waals surface area contributed by atoms with Crippen LogP contribution in [0.5, 0.6) is 0 Å². The fraction of sp³-hybridized carbons (Fsp3) is 0.111. The Bertz CT molecular complexity index is 907. The zero-order valence-electron chi connectivity index (χ0n) is 16.5. The van der Waals surface area contributed by atoms with Crippen LogP contribution in [-0.4, -0.2) is 0 Å². The highest BCUT2D eigenvalue weighted by Crippen LogP contribution is 2.54. The fourth-order valence-electron chi connectivity index (χ4n) is 3.93. The number of rotatable bonds is 5. The van der Waals surface area contributed by atoms with Crippen molar-refractivity contribution in [3.8, 4) is 0 Å². The second kappa shape index (κ2) is 8.13. The molecule has 4 rings (SSSR count). The molecular formula is C27H26P+. The lowest BCUT2D eigenvalue weighted by Gasteiger charge is -2.27. The van der Waals surface area contributed by atoms with Gasteiger partial charge in [0.2, 0.25) is 0 Å². The molecule has 0 aromatic heterocycles. The highest BCUT2D eigenvalue weighted by Gasteiger charge is 2.47. The molecule has 0 atom stereocenters. The quantitative estimate of drug-likeness (QED) is 0.405. The van der Waals surface area contributed by atoms with Gasteiger partial charge in [-0.3, -0.25) is 0 Å². The summed E-state index contributed by atoms with van der Waals surface area (Å²) in [5.41, 5.74) is 1.39. The zero-order chi connectivity index (χ0) is 19.4. The van der Waals surface area contributed by atoms with Crippen LogP contribution >= 0.6 is 7.26 Å². The Morgan fingerprint density at radius 3 is 1.07 bits per heavy atom. The average Bonchev–Trinajstić information content (AvgIpc) is 2.77. The molecule has 28 heavy (non-hydrogen) atoms. The van der Waals surface area contributed by atoms with Gasteiger partial charge in [-0.1, -0.05) is 80.6 Å². The molecule has 0 saturated carbocycles. The van der Waals surface area contributed by atoms with Crippen molar-refractivity contribution in [2.45, 2.75) is 19.8 Å². The van der Waals surface area contributed by atoms with Crippen LogP contribution in [0.4, 0.5) is 0 Å². The molecule has 0 bridgehead atoms. The Labute approximate surface area is 169 Å². The summed E-state index contributed by atoms with van der Waals surface area (Å²) in [6.45, 7) is 4.51. The molecule has 0 aliphatic carbocycles. The topological polar surface area (TPSA) is 0 Å². The molecule has 4 aromatic rings. The van der Waals surface area contributed by atoms with Crippen molar-refractivity contribution in [2.24, 2.45) is 0 Å². The number of hydrogen-bond donors (Lipinski definition) is 0. The summed E-state index contributed by atoms with van der Waals surface area (Å²) in [6, 6.07) is 42.4. The SMILES string of the molecule is CC(C)c1ccc([P+](c2ccccc2)(c2ccccc2)c2ccccc2)cc1. The van der Waals surface area contributed by atoms with Crippen LogP contribution < -0.4 is 21.2 Å². The summed E-state index contributed by atoms with van der Waals surface area (Å²) < 4.78 is 0. The predicted octanol–water partition coefficient (Wildman–Crippen LogP) is 5.43. The lowest BCUT2D eigenvalue weighted by Crippen LogP contribution is -2.38. The van der Waals surface area contributed by atoms with Crippen molar-refractivity contribution in [1.29, 1.82) is 0 Å². The van der Waals surface area contributed by atoms with E-state index in [0.717, 1.165) is 0 Å². The lowest BCUT2D eigenvalue weighted by molar-refractivity contribution is 0.867. The van der Waals surface area contributed by atoms with Gasteiger partial charge in [-0.15, -0.1) is 0 Å². The first-order valence-electron chi connectivity index (χ1n) is 9.89. The van der Waals surface area contributed by atoms with E-state index in [0.29, 0.717) is 5.92 Å². The minimum Gasteiger partial charge on any atom is -0.0620 e. The number of hydrogen-bond acceptors (Lipinski definition) is 0. The highest BCUT2D eigenvalue weighted by molar-refractivity contribution is 8.01. The average molecular weight is 381 g/mol. The van der Waals surface area contributed by atoms with Crippen molar-refractivity contribution in [2.75, 3.05) is 0 Å². The molecule has 0 heterocycles. The van der Waals surface area contributed by atoms with Crippen molar-refractivity contribution in [3.05, 3.63) is 121 Å². The Hall–Kier alpha value is -2.69. The first-order valence-corrected chi connectivity index (χ1v) is 11.7. The minimum atomic E-state index is -1.96. The van der Waals surface area contributed by atoms with Crippen molar-refractivity contribution < 1.29 is 0 Å². The van der Waals surface area contributed by atoms with Gasteiger partial charge in [-0.05, 0) is 60.0 Å². The molecule has 0 amide bonds. The first kappa shape index (κ1) is 18.7. The standard InChI is InChI=1S/C27H26P/c1-22(2)23-18-20-27(21-19-23)28(24-12-6-3-7-13-24,25-14-8-4-9-15-25)26-16-10-5-11-17-26/h3-22H,1-2H3/q+1. The normalized spacial score (nSPS) is 11.5. The molecule has 0 radical (unpaired) electrons. The molecule has 0 spiro atoms. The second-order valence-electron chi connectivity index (χ2n) is 7.42. The molecule has 0 N–H and O–H groups in total. The Kier molecular flexibility index (Phi) is 5.42. The van der Waals surface area contributed by atoms with E-state index in [9.17, 15) is 0 Å². The Morgan fingerprint density at radius 1 is 0.429 bits per heavy atom. The minimum absolute atomic E-state index is 0.534. The van der Waals surface area contributed by atoms with Gasteiger partial charge < -0.3 is 0 Å². The van der Waals surface area contributed by atoms with Crippen LogP contribution in [-0.2, 0) is 0 Å². The van der Waals surface area contributed by atoms with Crippen molar-refractivity contribution in [3.63, 3.8) is 0 Å². The van der Waals surface area contributed by atoms with Crippen LogP contribution in [0.3, 0.4) is 0 Å². The third-order valence-electron chi connectivity index (χ3n) is 5.38. The summed E-state index contributed by atoms with van der Waals surface area (Å²) in [6.07, 6.45) is 0. The van der Waals surface area contributed by atoms with Gasteiger partial charge in [-0.2, -0.15) is 0 Å². The van der Waals surface area contributed by atoms with Crippen molar-refractivity contribution >= 4 is 28.5 Å². The van der Waals surface area contributed by atoms with Crippen molar-refractivity contribution in [1.82, 2.24) is 0 Å². The number of benzene rings is 4.